The smallest absolute Gasteiger partial charge is 0.279 e. The van der Waals surface area contributed by atoms with E-state index in [1.165, 1.54) is 16.2 Å². The van der Waals surface area contributed by atoms with Crippen molar-refractivity contribution in [3.05, 3.63) is 58.6 Å². The van der Waals surface area contributed by atoms with Crippen LogP contribution in [0.3, 0.4) is 0 Å². The number of rotatable bonds is 7. The van der Waals surface area contributed by atoms with E-state index < -0.39 is 0 Å². The molecule has 0 bridgehead atoms. The number of hydrogen-bond donors (Lipinski definition) is 2. The topological polar surface area (TPSA) is 36.8 Å². The molecule has 25 heavy (non-hydrogen) atoms. The Morgan fingerprint density at radius 2 is 1.84 bits per heavy atom. The van der Waals surface area contributed by atoms with Crippen molar-refractivity contribution in [2.45, 2.75) is 20.4 Å². The number of hydrogen-bond acceptors (Lipinski definition) is 2. The molecule has 134 valence electrons. The molecule has 0 aliphatic rings. The molecule has 2 rings (SSSR count). The number of nitrogens with zero attached hydrogens (tertiary/aromatic N) is 1. The van der Waals surface area contributed by atoms with Gasteiger partial charge in [-0.2, -0.15) is 0 Å². The van der Waals surface area contributed by atoms with Gasteiger partial charge in [-0.15, -0.1) is 0 Å². The lowest BCUT2D eigenvalue weighted by atomic mass is 10.2. The van der Waals surface area contributed by atoms with E-state index in [4.69, 9.17) is 11.6 Å². The van der Waals surface area contributed by atoms with Crippen LogP contribution in [0.15, 0.2) is 42.5 Å². The fourth-order valence-corrected chi connectivity index (χ4v) is 2.93. The zero-order valence-corrected chi connectivity index (χ0v) is 16.2. The van der Waals surface area contributed by atoms with Crippen LogP contribution in [0.25, 0.3) is 0 Å². The van der Waals surface area contributed by atoms with E-state index in [2.05, 4.69) is 41.4 Å². The van der Waals surface area contributed by atoms with E-state index in [1.54, 1.807) is 6.07 Å². The summed E-state index contributed by atoms with van der Waals surface area (Å²) in [6, 6.07) is 14.0. The first-order valence-electron chi connectivity index (χ1n) is 8.55. The van der Waals surface area contributed by atoms with Gasteiger partial charge in [0, 0.05) is 36.1 Å². The number of benzene rings is 2. The van der Waals surface area contributed by atoms with Gasteiger partial charge < -0.3 is 15.1 Å². The van der Waals surface area contributed by atoms with Crippen molar-refractivity contribution in [2.24, 2.45) is 0 Å². The van der Waals surface area contributed by atoms with Crippen LogP contribution < -0.4 is 15.1 Å². The van der Waals surface area contributed by atoms with Crippen LogP contribution >= 0.6 is 11.6 Å². The molecule has 0 fully saturated rings. The van der Waals surface area contributed by atoms with Crippen LogP contribution in [0, 0.1) is 6.92 Å². The average molecular weight is 361 g/mol. The molecule has 0 saturated carbocycles. The van der Waals surface area contributed by atoms with Gasteiger partial charge in [0.2, 0.25) is 0 Å². The van der Waals surface area contributed by atoms with Crippen LogP contribution in [0.4, 0.5) is 11.4 Å². The first-order chi connectivity index (χ1) is 11.9. The SMILES string of the molecule is CC[NH+](CC(=O)Nc1ccc(Cl)cc1C)Cc1ccc(N(C)C)cc1. The zero-order chi connectivity index (χ0) is 18.4. The minimum atomic E-state index is 0.0205. The van der Waals surface area contributed by atoms with Crippen LogP contribution in [0.2, 0.25) is 5.02 Å². The van der Waals surface area contributed by atoms with Gasteiger partial charge in [0.05, 0.1) is 6.54 Å². The van der Waals surface area contributed by atoms with Crippen LogP contribution in [0.1, 0.15) is 18.1 Å². The normalized spacial score (nSPS) is 11.9. The third kappa shape index (κ3) is 5.76. The lowest BCUT2D eigenvalue weighted by Gasteiger charge is -2.19. The van der Waals surface area contributed by atoms with E-state index in [1.807, 2.05) is 33.2 Å². The Balaban J connectivity index is 1.95. The minimum absolute atomic E-state index is 0.0205. The Bertz CT molecular complexity index is 713. The van der Waals surface area contributed by atoms with E-state index in [0.29, 0.717) is 11.6 Å². The maximum absolute atomic E-state index is 12.4. The third-order valence-corrected chi connectivity index (χ3v) is 4.52. The highest BCUT2D eigenvalue weighted by Crippen LogP contribution is 2.19. The van der Waals surface area contributed by atoms with Crippen molar-refractivity contribution in [2.75, 3.05) is 37.4 Å². The maximum atomic E-state index is 12.4. The van der Waals surface area contributed by atoms with Gasteiger partial charge in [0.15, 0.2) is 6.54 Å². The highest BCUT2D eigenvalue weighted by atomic mass is 35.5. The largest absolute Gasteiger partial charge is 0.378 e. The second-order valence-corrected chi connectivity index (χ2v) is 6.96. The molecule has 0 radical (unpaired) electrons. The number of quaternary nitrogens is 1. The predicted molar refractivity (Wildman–Crippen MR) is 106 cm³/mol. The summed E-state index contributed by atoms with van der Waals surface area (Å²) in [4.78, 5) is 15.7. The van der Waals surface area contributed by atoms with Gasteiger partial charge in [0.25, 0.3) is 5.91 Å². The number of anilines is 2. The summed E-state index contributed by atoms with van der Waals surface area (Å²) >= 11 is 5.96. The van der Waals surface area contributed by atoms with Crippen molar-refractivity contribution in [1.82, 2.24) is 0 Å². The van der Waals surface area contributed by atoms with Crippen molar-refractivity contribution in [3.8, 4) is 0 Å². The van der Waals surface area contributed by atoms with Crippen molar-refractivity contribution in [1.29, 1.82) is 0 Å². The molecule has 1 amide bonds. The standard InChI is InChI=1S/C20H26ClN3O/c1-5-24(13-16-6-9-18(10-7-16)23(3)4)14-20(25)22-19-11-8-17(21)12-15(19)2/h6-12H,5,13-14H2,1-4H3,(H,22,25)/p+1. The molecule has 0 aromatic heterocycles. The quantitative estimate of drug-likeness (QED) is 0.796. The van der Waals surface area contributed by atoms with Gasteiger partial charge in [-0.25, -0.2) is 0 Å². The van der Waals surface area contributed by atoms with Crippen LogP contribution in [-0.2, 0) is 11.3 Å². The summed E-state index contributed by atoms with van der Waals surface area (Å²) in [6.45, 7) is 6.20. The lowest BCUT2D eigenvalue weighted by molar-refractivity contribution is -0.903. The van der Waals surface area contributed by atoms with Gasteiger partial charge in [-0.3, -0.25) is 4.79 Å². The number of aryl methyl sites for hydroxylation is 1. The molecule has 0 aliphatic carbocycles. The zero-order valence-electron chi connectivity index (χ0n) is 15.4. The lowest BCUT2D eigenvalue weighted by Crippen LogP contribution is -3.11. The van der Waals surface area contributed by atoms with Crippen molar-refractivity contribution >= 4 is 28.9 Å². The summed E-state index contributed by atoms with van der Waals surface area (Å²) in [6.07, 6.45) is 0. The Labute approximate surface area is 155 Å². The van der Waals surface area contributed by atoms with Crippen LogP contribution in [-0.4, -0.2) is 33.1 Å². The highest BCUT2D eigenvalue weighted by Gasteiger charge is 2.14. The molecule has 2 N–H and O–H groups in total. The summed E-state index contributed by atoms with van der Waals surface area (Å²) in [5.41, 5.74) is 4.20. The second kappa shape index (κ2) is 8.88. The molecule has 1 unspecified atom stereocenters. The van der Waals surface area contributed by atoms with E-state index >= 15 is 0 Å². The third-order valence-electron chi connectivity index (χ3n) is 4.28. The summed E-state index contributed by atoms with van der Waals surface area (Å²) in [5.74, 6) is 0.0205. The molecule has 0 spiro atoms. The maximum Gasteiger partial charge on any atom is 0.279 e. The second-order valence-electron chi connectivity index (χ2n) is 6.53. The molecule has 0 heterocycles. The van der Waals surface area contributed by atoms with Gasteiger partial charge >= 0.3 is 0 Å². The predicted octanol–water partition coefficient (Wildman–Crippen LogP) is 2.76. The molecule has 2 aromatic rings. The summed E-state index contributed by atoms with van der Waals surface area (Å²) in [7, 11) is 4.06. The van der Waals surface area contributed by atoms with Crippen molar-refractivity contribution < 1.29 is 9.69 Å². The number of nitrogens with one attached hydrogen (secondary N) is 2. The molecule has 0 aliphatic heterocycles. The molecule has 2 aromatic carbocycles. The van der Waals surface area contributed by atoms with Crippen LogP contribution in [0.5, 0.6) is 0 Å². The molecule has 0 saturated heterocycles. The van der Waals surface area contributed by atoms with Gasteiger partial charge in [-0.1, -0.05) is 23.7 Å². The van der Waals surface area contributed by atoms with E-state index in [9.17, 15) is 4.79 Å². The Morgan fingerprint density at radius 1 is 1.16 bits per heavy atom. The fourth-order valence-electron chi connectivity index (χ4n) is 2.70. The monoisotopic (exact) mass is 360 g/mol. The molecular formula is C20H27ClN3O+. The summed E-state index contributed by atoms with van der Waals surface area (Å²) in [5, 5.41) is 3.67. The van der Waals surface area contributed by atoms with E-state index in [0.717, 1.165) is 24.3 Å². The number of carbonyl (C=O) groups is 1. The Kier molecular flexibility index (Phi) is 6.85. The minimum Gasteiger partial charge on any atom is -0.378 e. The molecule has 1 atom stereocenters. The first kappa shape index (κ1) is 19.3. The van der Waals surface area contributed by atoms with Gasteiger partial charge in [-0.05, 0) is 49.7 Å². The Hall–Kier alpha value is -2.04. The molecule has 5 heteroatoms. The first-order valence-corrected chi connectivity index (χ1v) is 8.92. The van der Waals surface area contributed by atoms with Gasteiger partial charge in [0.1, 0.15) is 6.54 Å². The Morgan fingerprint density at radius 3 is 2.40 bits per heavy atom. The summed E-state index contributed by atoms with van der Waals surface area (Å²) < 4.78 is 0. The number of halogens is 1. The average Bonchev–Trinajstić information content (AvgIpc) is 2.57. The molecular weight excluding hydrogens is 334 g/mol. The fraction of sp³-hybridized carbons (Fsp3) is 0.350. The number of likely N-dealkylation sites (N-methyl/N-ethyl adjacent to an activating group) is 1. The van der Waals surface area contributed by atoms with E-state index in [-0.39, 0.29) is 5.91 Å². The highest BCUT2D eigenvalue weighted by molar-refractivity contribution is 6.30. The number of carbonyl (C=O) groups excluding carboxylic acids is 1. The van der Waals surface area contributed by atoms with Crippen molar-refractivity contribution in [3.63, 3.8) is 0 Å². The molecule has 4 nitrogen and oxygen atoms in total. The number of amides is 1.